The highest BCUT2D eigenvalue weighted by molar-refractivity contribution is 7.25. The van der Waals surface area contributed by atoms with Crippen LogP contribution in [-0.4, -0.2) is 49.7 Å². The smallest absolute Gasteiger partial charge is 0.127 e. The Bertz CT molecular complexity index is 847. The van der Waals surface area contributed by atoms with Gasteiger partial charge in [-0.05, 0) is 36.4 Å². The van der Waals surface area contributed by atoms with Gasteiger partial charge in [-0.1, -0.05) is 0 Å². The summed E-state index contributed by atoms with van der Waals surface area (Å²) in [5, 5.41) is 18.7. The molecule has 4 nitrogen and oxygen atoms in total. The average molecular weight is 324 g/mol. The van der Waals surface area contributed by atoms with Gasteiger partial charge in [-0.3, -0.25) is 10.8 Å². The first-order chi connectivity index (χ1) is 10.9. The van der Waals surface area contributed by atoms with E-state index < -0.39 is 0 Å². The molecule has 2 aromatic carbocycles. The number of benzene rings is 2. The minimum Gasteiger partial charge on any atom is -0.363 e. The van der Waals surface area contributed by atoms with Crippen molar-refractivity contribution >= 4 is 43.2 Å². The van der Waals surface area contributed by atoms with E-state index in [0.717, 1.165) is 21.9 Å². The molecule has 3 rings (SSSR count). The lowest BCUT2D eigenvalue weighted by atomic mass is 10.1. The Hall–Kier alpha value is -2.40. The standard InChI is InChI=1S/C18H20N4S/c1-21(2)17(19)11-5-7-15-13(9-11)14-10-12(18(20)22(3)4)6-8-16(14)23-15/h5-10,19-20H,1-4H3. The molecule has 0 spiro atoms. The van der Waals surface area contributed by atoms with Crippen LogP contribution in [0.1, 0.15) is 11.1 Å². The van der Waals surface area contributed by atoms with Crippen molar-refractivity contribution in [1.82, 2.24) is 9.80 Å². The fourth-order valence-electron chi connectivity index (χ4n) is 2.59. The lowest BCUT2D eigenvalue weighted by Crippen LogP contribution is -2.21. The Morgan fingerprint density at radius 1 is 0.739 bits per heavy atom. The van der Waals surface area contributed by atoms with Gasteiger partial charge in [-0.2, -0.15) is 0 Å². The van der Waals surface area contributed by atoms with Crippen LogP contribution in [0.3, 0.4) is 0 Å². The van der Waals surface area contributed by atoms with Gasteiger partial charge in [0.1, 0.15) is 11.7 Å². The Morgan fingerprint density at radius 3 is 1.48 bits per heavy atom. The molecule has 0 atom stereocenters. The molecule has 2 N–H and O–H groups in total. The predicted molar refractivity (Wildman–Crippen MR) is 100 cm³/mol. The van der Waals surface area contributed by atoms with Crippen molar-refractivity contribution in [3.63, 3.8) is 0 Å². The van der Waals surface area contributed by atoms with Gasteiger partial charge < -0.3 is 9.80 Å². The number of hydrogen-bond donors (Lipinski definition) is 2. The van der Waals surface area contributed by atoms with Crippen molar-refractivity contribution in [3.8, 4) is 0 Å². The van der Waals surface area contributed by atoms with Gasteiger partial charge in [0, 0.05) is 59.5 Å². The summed E-state index contributed by atoms with van der Waals surface area (Å²) in [6, 6.07) is 12.3. The maximum absolute atomic E-state index is 8.18. The van der Waals surface area contributed by atoms with E-state index in [9.17, 15) is 0 Å². The second-order valence-corrected chi connectivity index (χ2v) is 7.09. The van der Waals surface area contributed by atoms with Crippen molar-refractivity contribution in [1.29, 1.82) is 10.8 Å². The van der Waals surface area contributed by atoms with E-state index in [0.29, 0.717) is 11.7 Å². The molecule has 5 heteroatoms. The molecule has 0 aliphatic rings. The highest BCUT2D eigenvalue weighted by atomic mass is 32.1. The first kappa shape index (κ1) is 15.5. The van der Waals surface area contributed by atoms with Crippen molar-refractivity contribution in [3.05, 3.63) is 47.5 Å². The zero-order valence-electron chi connectivity index (χ0n) is 13.8. The quantitative estimate of drug-likeness (QED) is 0.556. The molecular formula is C18H20N4S. The van der Waals surface area contributed by atoms with Gasteiger partial charge in [-0.25, -0.2) is 0 Å². The third kappa shape index (κ3) is 2.68. The van der Waals surface area contributed by atoms with Gasteiger partial charge >= 0.3 is 0 Å². The van der Waals surface area contributed by atoms with Crippen LogP contribution in [0.25, 0.3) is 20.2 Å². The van der Waals surface area contributed by atoms with E-state index >= 15 is 0 Å². The molecule has 118 valence electrons. The van der Waals surface area contributed by atoms with Crippen LogP contribution in [-0.2, 0) is 0 Å². The molecule has 0 unspecified atom stereocenters. The van der Waals surface area contributed by atoms with E-state index in [2.05, 4.69) is 24.3 Å². The van der Waals surface area contributed by atoms with Gasteiger partial charge in [0.05, 0.1) is 0 Å². The second-order valence-electron chi connectivity index (χ2n) is 6.01. The van der Waals surface area contributed by atoms with Crippen LogP contribution in [0.4, 0.5) is 0 Å². The molecule has 0 fully saturated rings. The SMILES string of the molecule is CN(C)C(=N)c1ccc2sc3ccc(C(=N)N(C)C)cc3c2c1. The van der Waals surface area contributed by atoms with Gasteiger partial charge in [0.25, 0.3) is 0 Å². The lowest BCUT2D eigenvalue weighted by molar-refractivity contribution is 0.619. The zero-order chi connectivity index (χ0) is 16.7. The number of amidine groups is 2. The molecule has 0 amide bonds. The predicted octanol–water partition coefficient (Wildman–Crippen LogP) is 3.83. The second kappa shape index (κ2) is 5.66. The summed E-state index contributed by atoms with van der Waals surface area (Å²) >= 11 is 1.75. The summed E-state index contributed by atoms with van der Waals surface area (Å²) in [5.74, 6) is 1.01. The molecular weight excluding hydrogens is 304 g/mol. The molecule has 23 heavy (non-hydrogen) atoms. The topological polar surface area (TPSA) is 54.2 Å². The van der Waals surface area contributed by atoms with Gasteiger partial charge in [-0.15, -0.1) is 11.3 Å². The fraction of sp³-hybridized carbons (Fsp3) is 0.222. The largest absolute Gasteiger partial charge is 0.363 e. The molecule has 3 aromatic rings. The highest BCUT2D eigenvalue weighted by Crippen LogP contribution is 2.35. The molecule has 0 saturated carbocycles. The van der Waals surface area contributed by atoms with Crippen LogP contribution in [0.5, 0.6) is 0 Å². The summed E-state index contributed by atoms with van der Waals surface area (Å²) in [4.78, 5) is 3.62. The molecule has 1 aromatic heterocycles. The summed E-state index contributed by atoms with van der Waals surface area (Å²) in [6.45, 7) is 0. The van der Waals surface area contributed by atoms with Crippen molar-refractivity contribution in [2.45, 2.75) is 0 Å². The summed E-state index contributed by atoms with van der Waals surface area (Å²) in [6.07, 6.45) is 0. The number of nitrogens with zero attached hydrogens (tertiary/aromatic N) is 2. The monoisotopic (exact) mass is 324 g/mol. The number of nitrogens with one attached hydrogen (secondary N) is 2. The lowest BCUT2D eigenvalue weighted by Gasteiger charge is -2.14. The number of hydrogen-bond acceptors (Lipinski definition) is 3. The normalized spacial score (nSPS) is 11.0. The third-order valence-electron chi connectivity index (χ3n) is 3.91. The van der Waals surface area contributed by atoms with E-state index in [1.165, 1.54) is 9.40 Å². The van der Waals surface area contributed by atoms with Crippen molar-refractivity contribution in [2.75, 3.05) is 28.2 Å². The van der Waals surface area contributed by atoms with E-state index in [1.807, 2.05) is 50.1 Å². The Labute approximate surface area is 140 Å². The molecule has 0 bridgehead atoms. The first-order valence-corrected chi connectivity index (χ1v) is 8.19. The zero-order valence-corrected chi connectivity index (χ0v) is 14.6. The third-order valence-corrected chi connectivity index (χ3v) is 5.06. The van der Waals surface area contributed by atoms with Crippen molar-refractivity contribution in [2.24, 2.45) is 0 Å². The summed E-state index contributed by atoms with van der Waals surface area (Å²) < 4.78 is 2.42. The number of thiophene rings is 1. The van der Waals surface area contributed by atoms with E-state index in [-0.39, 0.29) is 0 Å². The molecule has 0 aliphatic heterocycles. The van der Waals surface area contributed by atoms with E-state index in [1.54, 1.807) is 11.3 Å². The molecule has 0 saturated heterocycles. The highest BCUT2D eigenvalue weighted by Gasteiger charge is 2.11. The molecule has 1 heterocycles. The minimum atomic E-state index is 0.503. The Kier molecular flexibility index (Phi) is 3.82. The van der Waals surface area contributed by atoms with Crippen LogP contribution in [0.2, 0.25) is 0 Å². The van der Waals surface area contributed by atoms with Crippen LogP contribution in [0.15, 0.2) is 36.4 Å². The van der Waals surface area contributed by atoms with Gasteiger partial charge in [0.15, 0.2) is 0 Å². The summed E-state index contributed by atoms with van der Waals surface area (Å²) in [5.41, 5.74) is 1.82. The molecule has 0 radical (unpaired) electrons. The minimum absolute atomic E-state index is 0.503. The summed E-state index contributed by atoms with van der Waals surface area (Å²) in [7, 11) is 7.53. The van der Waals surface area contributed by atoms with Crippen LogP contribution in [0, 0.1) is 10.8 Å². The number of fused-ring (bicyclic) bond motifs is 3. The van der Waals surface area contributed by atoms with E-state index in [4.69, 9.17) is 10.8 Å². The maximum atomic E-state index is 8.18. The van der Waals surface area contributed by atoms with Crippen LogP contribution >= 0.6 is 11.3 Å². The first-order valence-electron chi connectivity index (χ1n) is 7.37. The Balaban J connectivity index is 2.21. The average Bonchev–Trinajstić information content (AvgIpc) is 2.90. The van der Waals surface area contributed by atoms with Gasteiger partial charge in [0.2, 0.25) is 0 Å². The fourth-order valence-corrected chi connectivity index (χ4v) is 3.66. The Morgan fingerprint density at radius 2 is 1.13 bits per heavy atom. The maximum Gasteiger partial charge on any atom is 0.127 e. The number of rotatable bonds is 2. The van der Waals surface area contributed by atoms with Crippen LogP contribution < -0.4 is 0 Å². The van der Waals surface area contributed by atoms with Crippen molar-refractivity contribution < 1.29 is 0 Å². The molecule has 0 aliphatic carbocycles.